The maximum absolute atomic E-state index is 8.48. The summed E-state index contributed by atoms with van der Waals surface area (Å²) in [5.74, 6) is 7.04. The molecule has 0 atom stereocenters. The van der Waals surface area contributed by atoms with Crippen molar-refractivity contribution in [3.63, 3.8) is 0 Å². The second-order valence-electron chi connectivity index (χ2n) is 2.06. The summed E-state index contributed by atoms with van der Waals surface area (Å²) in [6.07, 6.45) is 6.55. The van der Waals surface area contributed by atoms with Gasteiger partial charge in [0.2, 0.25) is 0 Å². The third-order valence-electron chi connectivity index (χ3n) is 1.28. The van der Waals surface area contributed by atoms with Gasteiger partial charge in [-0.1, -0.05) is 0 Å². The van der Waals surface area contributed by atoms with Crippen molar-refractivity contribution in [3.8, 4) is 23.8 Å². The summed E-state index contributed by atoms with van der Waals surface area (Å²) in [4.78, 5) is 0. The SMILES string of the molecule is [C-]#CC#Cc1ccc(C#N)cc1.[Ru+]. The molecule has 0 aromatic heterocycles. The van der Waals surface area contributed by atoms with Crippen LogP contribution in [0.4, 0.5) is 0 Å². The van der Waals surface area contributed by atoms with Crippen molar-refractivity contribution in [1.29, 1.82) is 5.26 Å². The number of hydrogen-bond donors (Lipinski definition) is 0. The second kappa shape index (κ2) is 6.02. The van der Waals surface area contributed by atoms with Crippen molar-refractivity contribution in [2.45, 2.75) is 0 Å². The van der Waals surface area contributed by atoms with Gasteiger partial charge in [-0.05, 0) is 24.3 Å². The van der Waals surface area contributed by atoms with E-state index in [0.29, 0.717) is 5.56 Å². The summed E-state index contributed by atoms with van der Waals surface area (Å²) < 4.78 is 0. The molecule has 13 heavy (non-hydrogen) atoms. The molecule has 0 fully saturated rings. The zero-order valence-electron chi connectivity index (χ0n) is 6.61. The normalized spacial score (nSPS) is 6.62. The molecule has 0 heterocycles. The molecule has 0 saturated heterocycles. The Morgan fingerprint density at radius 1 is 1.08 bits per heavy atom. The average Bonchev–Trinajstić information content (AvgIpc) is 2.15. The minimum atomic E-state index is 0. The predicted octanol–water partition coefficient (Wildman–Crippen LogP) is 1.50. The summed E-state index contributed by atoms with van der Waals surface area (Å²) in [5.41, 5.74) is 1.40. The molecule has 0 unspecified atom stereocenters. The molecule has 0 saturated carbocycles. The molecule has 0 spiro atoms. The molecule has 1 aromatic rings. The maximum atomic E-state index is 8.48. The number of nitrogens with zero attached hydrogens (tertiary/aromatic N) is 1. The fourth-order valence-electron chi connectivity index (χ4n) is 0.732. The summed E-state index contributed by atoms with van der Waals surface area (Å²) in [7, 11) is 0. The van der Waals surface area contributed by atoms with Gasteiger partial charge in [0, 0.05) is 5.56 Å². The summed E-state index contributed by atoms with van der Waals surface area (Å²) >= 11 is 0. The standard InChI is InChI=1S/C11H4N.Ru/c1-2-3-4-10-5-7-11(9-12)8-6-10;/h5-8H;/q-1;+1. The van der Waals surface area contributed by atoms with Crippen LogP contribution in [0.15, 0.2) is 24.3 Å². The topological polar surface area (TPSA) is 23.8 Å². The first-order chi connectivity index (χ1) is 5.86. The number of benzene rings is 1. The number of hydrogen-bond acceptors (Lipinski definition) is 1. The minimum absolute atomic E-state index is 0. The van der Waals surface area contributed by atoms with Crippen LogP contribution in [0.5, 0.6) is 0 Å². The van der Waals surface area contributed by atoms with Crippen molar-refractivity contribution >= 4 is 0 Å². The van der Waals surface area contributed by atoms with E-state index >= 15 is 0 Å². The van der Waals surface area contributed by atoms with Crippen molar-refractivity contribution in [2.75, 3.05) is 0 Å². The smallest absolute Gasteiger partial charge is 0.358 e. The van der Waals surface area contributed by atoms with Crippen LogP contribution in [0.3, 0.4) is 0 Å². The molecule has 0 amide bonds. The van der Waals surface area contributed by atoms with E-state index in [0.717, 1.165) is 5.56 Å². The van der Waals surface area contributed by atoms with Gasteiger partial charge in [0.15, 0.2) is 0 Å². The second-order valence-corrected chi connectivity index (χ2v) is 2.06. The molecule has 2 heteroatoms. The molecule has 0 aliphatic carbocycles. The van der Waals surface area contributed by atoms with E-state index in [1.807, 2.05) is 12.0 Å². The first kappa shape index (κ1) is 11.5. The van der Waals surface area contributed by atoms with E-state index in [4.69, 9.17) is 11.7 Å². The summed E-state index contributed by atoms with van der Waals surface area (Å²) in [6, 6.07) is 8.86. The molecular weight excluding hydrogens is 247 g/mol. The van der Waals surface area contributed by atoms with Gasteiger partial charge < -0.3 is 6.42 Å². The van der Waals surface area contributed by atoms with E-state index in [9.17, 15) is 0 Å². The molecule has 61 valence electrons. The first-order valence-corrected chi connectivity index (χ1v) is 3.29. The zero-order chi connectivity index (χ0) is 8.81. The third kappa shape index (κ3) is 3.58. The Bertz CT molecular complexity index is 407. The number of rotatable bonds is 0. The van der Waals surface area contributed by atoms with Crippen molar-refractivity contribution < 1.29 is 19.5 Å². The molecule has 0 aliphatic rings. The van der Waals surface area contributed by atoms with Crippen molar-refractivity contribution in [1.82, 2.24) is 0 Å². The Hall–Kier alpha value is -1.55. The van der Waals surface area contributed by atoms with Gasteiger partial charge in [-0.15, -0.1) is 0 Å². The van der Waals surface area contributed by atoms with E-state index in [2.05, 4.69) is 11.8 Å². The maximum Gasteiger partial charge on any atom is 1.00 e. The van der Waals surface area contributed by atoms with Crippen LogP contribution in [0.25, 0.3) is 0 Å². The van der Waals surface area contributed by atoms with Crippen molar-refractivity contribution in [2.24, 2.45) is 0 Å². The predicted molar refractivity (Wildman–Crippen MR) is 45.2 cm³/mol. The molecule has 1 nitrogen and oxygen atoms in total. The van der Waals surface area contributed by atoms with E-state index in [1.54, 1.807) is 24.3 Å². The van der Waals surface area contributed by atoms with Gasteiger partial charge in [-0.3, -0.25) is 5.92 Å². The molecule has 0 aliphatic heterocycles. The summed E-state index contributed by atoms with van der Waals surface area (Å²) in [6.45, 7) is 0. The van der Waals surface area contributed by atoms with Gasteiger partial charge in [0.1, 0.15) is 0 Å². The molecule has 0 N–H and O–H groups in total. The van der Waals surface area contributed by atoms with Crippen LogP contribution in [0.2, 0.25) is 0 Å². The van der Waals surface area contributed by atoms with Crippen LogP contribution >= 0.6 is 0 Å². The first-order valence-electron chi connectivity index (χ1n) is 3.29. The Morgan fingerprint density at radius 3 is 2.08 bits per heavy atom. The molecule has 1 radical (unpaired) electrons. The largest absolute Gasteiger partial charge is 1.00 e. The molecule has 0 bridgehead atoms. The Balaban J connectivity index is 0.00000144. The number of nitriles is 1. The minimum Gasteiger partial charge on any atom is -0.358 e. The van der Waals surface area contributed by atoms with Gasteiger partial charge >= 0.3 is 19.5 Å². The van der Waals surface area contributed by atoms with Crippen LogP contribution in [-0.2, 0) is 19.5 Å². The Kier molecular flexibility index (Phi) is 5.31. The van der Waals surface area contributed by atoms with E-state index in [-0.39, 0.29) is 19.5 Å². The fraction of sp³-hybridized carbons (Fsp3) is 0. The molecular formula is C11H4NRu. The fourth-order valence-corrected chi connectivity index (χ4v) is 0.732. The summed E-state index contributed by atoms with van der Waals surface area (Å²) in [5, 5.41) is 8.48. The van der Waals surface area contributed by atoms with Gasteiger partial charge in [0.25, 0.3) is 0 Å². The average molecular weight is 251 g/mol. The van der Waals surface area contributed by atoms with Crippen LogP contribution in [0, 0.1) is 35.5 Å². The molecule has 1 rings (SSSR count). The third-order valence-corrected chi connectivity index (χ3v) is 1.28. The zero-order valence-corrected chi connectivity index (χ0v) is 8.35. The van der Waals surface area contributed by atoms with Gasteiger partial charge in [-0.2, -0.15) is 11.2 Å². The molecule has 1 aromatic carbocycles. The van der Waals surface area contributed by atoms with Gasteiger partial charge in [-0.25, -0.2) is 5.92 Å². The Labute approximate surface area is 90.5 Å². The van der Waals surface area contributed by atoms with Crippen LogP contribution < -0.4 is 0 Å². The van der Waals surface area contributed by atoms with E-state index in [1.165, 1.54) is 0 Å². The van der Waals surface area contributed by atoms with Crippen LogP contribution in [-0.4, -0.2) is 0 Å². The Morgan fingerprint density at radius 2 is 1.62 bits per heavy atom. The van der Waals surface area contributed by atoms with Gasteiger partial charge in [0.05, 0.1) is 11.6 Å². The monoisotopic (exact) mass is 252 g/mol. The van der Waals surface area contributed by atoms with Crippen LogP contribution in [0.1, 0.15) is 11.1 Å². The quantitative estimate of drug-likeness (QED) is 0.389. The van der Waals surface area contributed by atoms with E-state index < -0.39 is 0 Å². The van der Waals surface area contributed by atoms with Crippen molar-refractivity contribution in [3.05, 3.63) is 41.8 Å².